The van der Waals surface area contributed by atoms with Gasteiger partial charge >= 0.3 is 12.1 Å². The number of aliphatic carboxylic acids is 1. The number of carbonyl (C=O) groups excluding carboxylic acids is 1. The van der Waals surface area contributed by atoms with E-state index in [1.165, 1.54) is 0 Å². The van der Waals surface area contributed by atoms with Crippen molar-refractivity contribution in [2.24, 2.45) is 0 Å². The minimum Gasteiger partial charge on any atom is -0.480 e. The first-order valence-electron chi connectivity index (χ1n) is 6.61. The number of nitrogens with one attached hydrogen (secondary N) is 2. The van der Waals surface area contributed by atoms with E-state index in [-0.39, 0.29) is 5.54 Å². The van der Waals surface area contributed by atoms with E-state index in [1.807, 2.05) is 20.8 Å². The molecule has 110 valence electrons. The van der Waals surface area contributed by atoms with Crippen molar-refractivity contribution in [3.8, 4) is 0 Å². The van der Waals surface area contributed by atoms with Crippen LogP contribution in [0.4, 0.5) is 4.79 Å². The predicted octanol–water partition coefficient (Wildman–Crippen LogP) is 1.50. The predicted molar refractivity (Wildman–Crippen MR) is 71.1 cm³/mol. The summed E-state index contributed by atoms with van der Waals surface area (Å²) in [7, 11) is 0. The van der Waals surface area contributed by atoms with Gasteiger partial charge in [0.25, 0.3) is 0 Å². The van der Waals surface area contributed by atoms with Crippen LogP contribution >= 0.6 is 0 Å². The number of carboxylic acids is 1. The molecule has 1 aliphatic carbocycles. The number of carbonyl (C=O) groups is 2. The molecule has 6 heteroatoms. The molecule has 1 saturated carbocycles. The molecule has 0 aliphatic heterocycles. The Hall–Kier alpha value is -1.30. The summed E-state index contributed by atoms with van der Waals surface area (Å²) in [5.74, 6) is -0.897. The minimum atomic E-state index is -0.897. The van der Waals surface area contributed by atoms with Gasteiger partial charge < -0.3 is 20.5 Å². The summed E-state index contributed by atoms with van der Waals surface area (Å²) in [5, 5.41) is 14.6. The molecule has 1 aliphatic rings. The van der Waals surface area contributed by atoms with E-state index in [9.17, 15) is 9.59 Å². The summed E-state index contributed by atoms with van der Waals surface area (Å²) >= 11 is 0. The SMILES string of the molecule is CC(NCC1(NC(=O)OC(C)(C)C)CCC1)C(=O)O. The molecule has 0 aromatic carbocycles. The lowest BCUT2D eigenvalue weighted by molar-refractivity contribution is -0.139. The summed E-state index contributed by atoms with van der Waals surface area (Å²) in [6, 6.07) is -0.627. The largest absolute Gasteiger partial charge is 0.480 e. The highest BCUT2D eigenvalue weighted by Gasteiger charge is 2.39. The van der Waals surface area contributed by atoms with E-state index < -0.39 is 23.7 Å². The number of carboxylic acid groups (broad SMARTS) is 1. The summed E-state index contributed by atoms with van der Waals surface area (Å²) < 4.78 is 5.23. The number of hydrogen-bond donors (Lipinski definition) is 3. The fourth-order valence-corrected chi connectivity index (χ4v) is 1.91. The van der Waals surface area contributed by atoms with Gasteiger partial charge in [-0.1, -0.05) is 0 Å². The van der Waals surface area contributed by atoms with Crippen molar-refractivity contribution < 1.29 is 19.4 Å². The summed E-state index contributed by atoms with van der Waals surface area (Å²) in [6.07, 6.45) is 2.26. The van der Waals surface area contributed by atoms with Crippen LogP contribution in [-0.4, -0.2) is 40.9 Å². The van der Waals surface area contributed by atoms with E-state index in [0.29, 0.717) is 6.54 Å². The first kappa shape index (κ1) is 15.8. The molecule has 1 rings (SSSR count). The molecule has 0 saturated heterocycles. The molecule has 1 amide bonds. The lowest BCUT2D eigenvalue weighted by Gasteiger charge is -2.43. The van der Waals surface area contributed by atoms with E-state index in [1.54, 1.807) is 6.92 Å². The lowest BCUT2D eigenvalue weighted by atomic mass is 9.76. The van der Waals surface area contributed by atoms with Gasteiger partial charge in [0.1, 0.15) is 11.6 Å². The molecule has 0 spiro atoms. The second kappa shape index (κ2) is 5.77. The normalized spacial score (nSPS) is 19.2. The van der Waals surface area contributed by atoms with Crippen molar-refractivity contribution in [2.75, 3.05) is 6.54 Å². The van der Waals surface area contributed by atoms with Crippen LogP contribution in [0.3, 0.4) is 0 Å². The van der Waals surface area contributed by atoms with Gasteiger partial charge in [0, 0.05) is 6.54 Å². The molecule has 0 aromatic rings. The maximum absolute atomic E-state index is 11.8. The second-order valence-corrected chi connectivity index (χ2v) is 6.20. The van der Waals surface area contributed by atoms with Crippen molar-refractivity contribution in [3.05, 3.63) is 0 Å². The number of hydrogen-bond acceptors (Lipinski definition) is 4. The van der Waals surface area contributed by atoms with Gasteiger partial charge in [0.05, 0.1) is 5.54 Å². The summed E-state index contributed by atoms with van der Waals surface area (Å²) in [5.41, 5.74) is -0.900. The van der Waals surface area contributed by atoms with Crippen LogP contribution in [0, 0.1) is 0 Å². The molecule has 0 heterocycles. The van der Waals surface area contributed by atoms with Gasteiger partial charge in [-0.3, -0.25) is 4.79 Å². The van der Waals surface area contributed by atoms with Crippen LogP contribution in [0.2, 0.25) is 0 Å². The first-order chi connectivity index (χ1) is 8.64. The quantitative estimate of drug-likeness (QED) is 0.706. The van der Waals surface area contributed by atoms with Gasteiger partial charge in [0.2, 0.25) is 0 Å². The van der Waals surface area contributed by atoms with Gasteiger partial charge in [-0.15, -0.1) is 0 Å². The topological polar surface area (TPSA) is 87.7 Å². The molecule has 1 unspecified atom stereocenters. The standard InChI is InChI=1S/C13H24N2O4/c1-9(10(16)17)14-8-13(6-5-7-13)15-11(18)19-12(2,3)4/h9,14H,5-8H2,1-4H3,(H,15,18)(H,16,17). The van der Waals surface area contributed by atoms with Crippen LogP contribution in [0.15, 0.2) is 0 Å². The summed E-state index contributed by atoms with van der Waals surface area (Å²) in [6.45, 7) is 7.46. The molecular weight excluding hydrogens is 248 g/mol. The first-order valence-corrected chi connectivity index (χ1v) is 6.61. The van der Waals surface area contributed by atoms with Gasteiger partial charge in [-0.25, -0.2) is 4.79 Å². The molecule has 0 bridgehead atoms. The second-order valence-electron chi connectivity index (χ2n) is 6.20. The van der Waals surface area contributed by atoms with Crippen molar-refractivity contribution in [2.45, 2.75) is 64.1 Å². The number of ether oxygens (including phenoxy) is 1. The number of alkyl carbamates (subject to hydrolysis) is 1. The molecular formula is C13H24N2O4. The molecule has 3 N–H and O–H groups in total. The monoisotopic (exact) mass is 272 g/mol. The zero-order valence-electron chi connectivity index (χ0n) is 12.1. The molecule has 1 fully saturated rings. The van der Waals surface area contributed by atoms with Crippen LogP contribution in [0.25, 0.3) is 0 Å². The highest BCUT2D eigenvalue weighted by Crippen LogP contribution is 2.31. The summed E-state index contributed by atoms with van der Waals surface area (Å²) in [4.78, 5) is 22.5. The smallest absolute Gasteiger partial charge is 0.408 e. The maximum Gasteiger partial charge on any atom is 0.408 e. The Balaban J connectivity index is 2.47. The van der Waals surface area contributed by atoms with Gasteiger partial charge in [0.15, 0.2) is 0 Å². The van der Waals surface area contributed by atoms with Crippen molar-refractivity contribution in [1.29, 1.82) is 0 Å². The van der Waals surface area contributed by atoms with Crippen LogP contribution in [-0.2, 0) is 9.53 Å². The molecule has 1 atom stereocenters. The Bertz CT molecular complexity index is 345. The third-order valence-electron chi connectivity index (χ3n) is 3.19. The Morgan fingerprint density at radius 3 is 2.32 bits per heavy atom. The Labute approximate surface area is 113 Å². The van der Waals surface area contributed by atoms with Gasteiger partial charge in [-0.05, 0) is 47.0 Å². The fourth-order valence-electron chi connectivity index (χ4n) is 1.91. The fraction of sp³-hybridized carbons (Fsp3) is 0.846. The minimum absolute atomic E-state index is 0.369. The van der Waals surface area contributed by atoms with Crippen molar-refractivity contribution in [1.82, 2.24) is 10.6 Å². The number of rotatable bonds is 5. The van der Waals surface area contributed by atoms with E-state index in [2.05, 4.69) is 10.6 Å². The molecule has 19 heavy (non-hydrogen) atoms. The Kier molecular flexibility index (Phi) is 4.79. The van der Waals surface area contributed by atoms with Crippen LogP contribution in [0.5, 0.6) is 0 Å². The van der Waals surface area contributed by atoms with Crippen LogP contribution < -0.4 is 10.6 Å². The number of amides is 1. The van der Waals surface area contributed by atoms with Crippen molar-refractivity contribution >= 4 is 12.1 Å². The maximum atomic E-state index is 11.8. The highest BCUT2D eigenvalue weighted by atomic mass is 16.6. The average Bonchev–Trinajstić information content (AvgIpc) is 2.18. The molecule has 6 nitrogen and oxygen atoms in total. The van der Waals surface area contributed by atoms with Crippen molar-refractivity contribution in [3.63, 3.8) is 0 Å². The van der Waals surface area contributed by atoms with E-state index in [4.69, 9.17) is 9.84 Å². The van der Waals surface area contributed by atoms with Crippen LogP contribution in [0.1, 0.15) is 47.0 Å². The Morgan fingerprint density at radius 1 is 1.37 bits per heavy atom. The van der Waals surface area contributed by atoms with E-state index >= 15 is 0 Å². The third-order valence-corrected chi connectivity index (χ3v) is 3.19. The molecule has 0 radical (unpaired) electrons. The zero-order valence-corrected chi connectivity index (χ0v) is 12.1. The van der Waals surface area contributed by atoms with Gasteiger partial charge in [-0.2, -0.15) is 0 Å². The zero-order chi connectivity index (χ0) is 14.7. The average molecular weight is 272 g/mol. The lowest BCUT2D eigenvalue weighted by Crippen LogP contribution is -2.61. The highest BCUT2D eigenvalue weighted by molar-refractivity contribution is 5.73. The van der Waals surface area contributed by atoms with E-state index in [0.717, 1.165) is 19.3 Å². The molecule has 0 aromatic heterocycles. The third kappa shape index (κ3) is 5.06. The Morgan fingerprint density at radius 2 is 1.95 bits per heavy atom.